The molecule has 0 spiro atoms. The molecule has 20 heavy (non-hydrogen) atoms. The highest BCUT2D eigenvalue weighted by atomic mass is 79.9. The first kappa shape index (κ1) is 15.9. The van der Waals surface area contributed by atoms with Crippen LogP contribution in [0.2, 0.25) is 0 Å². The summed E-state index contributed by atoms with van der Waals surface area (Å²) < 4.78 is 28.4. The van der Waals surface area contributed by atoms with Crippen molar-refractivity contribution in [1.29, 1.82) is 0 Å². The van der Waals surface area contributed by atoms with Crippen LogP contribution < -0.4 is 10.0 Å². The second-order valence-electron chi connectivity index (χ2n) is 5.83. The summed E-state index contributed by atoms with van der Waals surface area (Å²) in [6.07, 6.45) is 2.13. The molecule has 0 radical (unpaired) electrons. The van der Waals surface area contributed by atoms with E-state index >= 15 is 0 Å². The van der Waals surface area contributed by atoms with Gasteiger partial charge in [-0.1, -0.05) is 28.9 Å². The van der Waals surface area contributed by atoms with Crippen molar-refractivity contribution in [2.45, 2.75) is 31.6 Å². The van der Waals surface area contributed by atoms with Gasteiger partial charge in [-0.15, -0.1) is 0 Å². The highest BCUT2D eigenvalue weighted by Gasteiger charge is 2.29. The maximum absolute atomic E-state index is 12.4. The van der Waals surface area contributed by atoms with E-state index < -0.39 is 10.0 Å². The lowest BCUT2D eigenvalue weighted by atomic mass is 9.83. The molecule has 0 amide bonds. The number of halogens is 1. The van der Waals surface area contributed by atoms with Crippen molar-refractivity contribution < 1.29 is 8.42 Å². The zero-order chi connectivity index (χ0) is 14.8. The van der Waals surface area contributed by atoms with Gasteiger partial charge in [0.25, 0.3) is 0 Å². The summed E-state index contributed by atoms with van der Waals surface area (Å²) in [7, 11) is -3.46. The van der Waals surface area contributed by atoms with E-state index in [0.29, 0.717) is 11.4 Å². The molecule has 0 aliphatic carbocycles. The van der Waals surface area contributed by atoms with Crippen LogP contribution in [0.15, 0.2) is 27.6 Å². The van der Waals surface area contributed by atoms with Gasteiger partial charge in [-0.2, -0.15) is 0 Å². The number of sulfonamides is 1. The minimum atomic E-state index is -3.46. The third-order valence-electron chi connectivity index (χ3n) is 3.81. The lowest BCUT2D eigenvalue weighted by Crippen LogP contribution is -2.45. The number of hydrogen-bond acceptors (Lipinski definition) is 3. The molecule has 2 N–H and O–H groups in total. The van der Waals surface area contributed by atoms with Crippen LogP contribution in [0, 0.1) is 12.3 Å². The largest absolute Gasteiger partial charge is 0.316 e. The molecule has 1 aromatic rings. The number of rotatable bonds is 4. The molecule has 0 aromatic heterocycles. The summed E-state index contributed by atoms with van der Waals surface area (Å²) in [6, 6.07) is 5.31. The summed E-state index contributed by atoms with van der Waals surface area (Å²) in [5.74, 6) is 0. The highest BCUT2D eigenvalue weighted by Crippen LogP contribution is 2.26. The third-order valence-corrected chi connectivity index (χ3v) is 5.85. The van der Waals surface area contributed by atoms with Gasteiger partial charge < -0.3 is 5.32 Å². The fourth-order valence-electron chi connectivity index (χ4n) is 2.48. The van der Waals surface area contributed by atoms with Crippen molar-refractivity contribution in [3.05, 3.63) is 28.2 Å². The molecule has 1 unspecified atom stereocenters. The Morgan fingerprint density at radius 3 is 2.85 bits per heavy atom. The minimum absolute atomic E-state index is 0.00869. The first-order chi connectivity index (χ1) is 9.32. The van der Waals surface area contributed by atoms with Gasteiger partial charge in [-0.05, 0) is 49.4 Å². The molecule has 1 saturated heterocycles. The molecular formula is C14H21BrN2O2S. The van der Waals surface area contributed by atoms with Crippen molar-refractivity contribution in [1.82, 2.24) is 10.0 Å². The zero-order valence-electron chi connectivity index (χ0n) is 11.9. The maximum Gasteiger partial charge on any atom is 0.240 e. The smallest absolute Gasteiger partial charge is 0.240 e. The van der Waals surface area contributed by atoms with E-state index in [-0.39, 0.29) is 5.41 Å². The highest BCUT2D eigenvalue weighted by molar-refractivity contribution is 9.10. The van der Waals surface area contributed by atoms with Gasteiger partial charge in [0.05, 0.1) is 4.90 Å². The third kappa shape index (κ3) is 3.81. The van der Waals surface area contributed by atoms with Gasteiger partial charge in [0.2, 0.25) is 10.0 Å². The van der Waals surface area contributed by atoms with Crippen molar-refractivity contribution in [3.63, 3.8) is 0 Å². The Kier molecular flexibility index (Phi) is 4.89. The van der Waals surface area contributed by atoms with E-state index in [1.165, 1.54) is 0 Å². The van der Waals surface area contributed by atoms with E-state index in [4.69, 9.17) is 0 Å². The van der Waals surface area contributed by atoms with Crippen LogP contribution in [0.1, 0.15) is 25.3 Å². The van der Waals surface area contributed by atoms with Crippen molar-refractivity contribution >= 4 is 26.0 Å². The van der Waals surface area contributed by atoms with E-state index in [9.17, 15) is 8.42 Å². The summed E-state index contributed by atoms with van der Waals surface area (Å²) in [5, 5.41) is 3.33. The monoisotopic (exact) mass is 360 g/mol. The van der Waals surface area contributed by atoms with Crippen LogP contribution in [0.5, 0.6) is 0 Å². The Bertz CT molecular complexity index is 581. The standard InChI is InChI=1S/C14H21BrN2O2S/c1-11-4-5-12(15)8-13(11)20(18,19)17-10-14(2)6-3-7-16-9-14/h4-5,8,16-17H,3,6-7,9-10H2,1-2H3. The van der Waals surface area contributed by atoms with Crippen LogP contribution in [0.25, 0.3) is 0 Å². The van der Waals surface area contributed by atoms with Crippen LogP contribution in [0.4, 0.5) is 0 Å². The van der Waals surface area contributed by atoms with Gasteiger partial charge >= 0.3 is 0 Å². The first-order valence-electron chi connectivity index (χ1n) is 6.79. The number of aryl methyl sites for hydroxylation is 1. The summed E-state index contributed by atoms with van der Waals surface area (Å²) >= 11 is 3.32. The Hall–Kier alpha value is -0.430. The fraction of sp³-hybridized carbons (Fsp3) is 0.571. The number of nitrogens with one attached hydrogen (secondary N) is 2. The van der Waals surface area contributed by atoms with Gasteiger partial charge in [0.1, 0.15) is 0 Å². The number of benzene rings is 1. The molecule has 2 rings (SSSR count). The second-order valence-corrected chi connectivity index (χ2v) is 8.48. The molecule has 1 aliphatic rings. The lowest BCUT2D eigenvalue weighted by molar-refractivity contribution is 0.238. The van der Waals surface area contributed by atoms with Crippen molar-refractivity contribution in [2.24, 2.45) is 5.41 Å². The molecule has 112 valence electrons. The maximum atomic E-state index is 12.4. The average Bonchev–Trinajstić information content (AvgIpc) is 2.40. The number of piperidine rings is 1. The Morgan fingerprint density at radius 2 is 2.20 bits per heavy atom. The van der Waals surface area contributed by atoms with E-state index in [2.05, 4.69) is 32.9 Å². The predicted octanol–water partition coefficient (Wildman–Crippen LogP) is 2.43. The number of hydrogen-bond donors (Lipinski definition) is 2. The predicted molar refractivity (Wildman–Crippen MR) is 84.3 cm³/mol. The molecule has 1 atom stereocenters. The van der Waals surface area contributed by atoms with Crippen LogP contribution in [0.3, 0.4) is 0 Å². The zero-order valence-corrected chi connectivity index (χ0v) is 14.3. The van der Waals surface area contributed by atoms with Crippen LogP contribution >= 0.6 is 15.9 Å². The first-order valence-corrected chi connectivity index (χ1v) is 9.07. The fourth-order valence-corrected chi connectivity index (χ4v) is 4.46. The molecular weight excluding hydrogens is 340 g/mol. The summed E-state index contributed by atoms with van der Waals surface area (Å²) in [4.78, 5) is 0.347. The van der Waals surface area contributed by atoms with Gasteiger partial charge in [-0.25, -0.2) is 13.1 Å². The molecule has 6 heteroatoms. The van der Waals surface area contributed by atoms with Crippen LogP contribution in [-0.4, -0.2) is 28.1 Å². The van der Waals surface area contributed by atoms with E-state index in [1.54, 1.807) is 6.07 Å². The van der Waals surface area contributed by atoms with Gasteiger partial charge in [0, 0.05) is 17.6 Å². The van der Waals surface area contributed by atoms with Crippen LogP contribution in [-0.2, 0) is 10.0 Å². The second kappa shape index (κ2) is 6.13. The molecule has 1 aliphatic heterocycles. The van der Waals surface area contributed by atoms with Crippen molar-refractivity contribution in [2.75, 3.05) is 19.6 Å². The molecule has 0 bridgehead atoms. The topological polar surface area (TPSA) is 58.2 Å². The Balaban J connectivity index is 2.13. The molecule has 4 nitrogen and oxygen atoms in total. The molecule has 1 fully saturated rings. The summed E-state index contributed by atoms with van der Waals surface area (Å²) in [6.45, 7) is 6.27. The quantitative estimate of drug-likeness (QED) is 0.866. The average molecular weight is 361 g/mol. The van der Waals surface area contributed by atoms with Gasteiger partial charge in [-0.3, -0.25) is 0 Å². The Morgan fingerprint density at radius 1 is 1.45 bits per heavy atom. The van der Waals surface area contributed by atoms with E-state index in [1.807, 2.05) is 19.1 Å². The Labute approximate surface area is 129 Å². The SMILES string of the molecule is Cc1ccc(Br)cc1S(=O)(=O)NCC1(C)CCCNC1. The molecule has 0 saturated carbocycles. The molecule has 1 heterocycles. The van der Waals surface area contributed by atoms with E-state index in [0.717, 1.165) is 36.0 Å². The van der Waals surface area contributed by atoms with Gasteiger partial charge in [0.15, 0.2) is 0 Å². The van der Waals surface area contributed by atoms with Crippen molar-refractivity contribution in [3.8, 4) is 0 Å². The summed E-state index contributed by atoms with van der Waals surface area (Å²) in [5.41, 5.74) is 0.748. The minimum Gasteiger partial charge on any atom is -0.316 e. The molecule has 1 aromatic carbocycles. The normalized spacial score (nSPS) is 23.8. The lowest BCUT2D eigenvalue weighted by Gasteiger charge is -2.34.